The van der Waals surface area contributed by atoms with E-state index in [0.29, 0.717) is 17.9 Å². The summed E-state index contributed by atoms with van der Waals surface area (Å²) in [5, 5.41) is 2.98. The van der Waals surface area contributed by atoms with Gasteiger partial charge in [0.05, 0.1) is 6.61 Å². The number of amides is 1. The van der Waals surface area contributed by atoms with Crippen LogP contribution in [0.2, 0.25) is 0 Å². The van der Waals surface area contributed by atoms with Crippen LogP contribution in [0.25, 0.3) is 0 Å². The van der Waals surface area contributed by atoms with Gasteiger partial charge in [0.1, 0.15) is 5.75 Å². The second-order valence-corrected chi connectivity index (χ2v) is 6.16. The number of hydrogen-bond donors (Lipinski definition) is 1. The average Bonchev–Trinajstić information content (AvgIpc) is 2.58. The number of fused-ring (bicyclic) bond motifs is 3. The lowest BCUT2D eigenvalue weighted by Crippen LogP contribution is -2.48. The summed E-state index contributed by atoms with van der Waals surface area (Å²) in [6.07, 6.45) is 6.98. The Morgan fingerprint density at radius 2 is 1.87 bits per heavy atom. The van der Waals surface area contributed by atoms with Crippen molar-refractivity contribution in [3.63, 3.8) is 0 Å². The van der Waals surface area contributed by atoms with Crippen LogP contribution in [0, 0.1) is 17.8 Å². The molecule has 1 N–H and O–H groups in total. The maximum Gasteiger partial charge on any atom is 0.223 e. The van der Waals surface area contributed by atoms with Gasteiger partial charge < -0.3 is 10.1 Å². The van der Waals surface area contributed by atoms with Crippen molar-refractivity contribution in [1.29, 1.82) is 0 Å². The van der Waals surface area contributed by atoms with Crippen LogP contribution < -0.4 is 10.1 Å². The maximum absolute atomic E-state index is 10.9. The lowest BCUT2D eigenvalue weighted by Gasteiger charge is -2.35. The predicted molar refractivity (Wildman–Crippen MR) is 93.3 cm³/mol. The fourth-order valence-corrected chi connectivity index (χ4v) is 2.93. The van der Waals surface area contributed by atoms with E-state index in [1.165, 1.54) is 19.3 Å². The number of benzene rings is 1. The summed E-state index contributed by atoms with van der Waals surface area (Å²) < 4.78 is 5.53. The third-order valence-corrected chi connectivity index (χ3v) is 4.33. The standard InChI is InChI=1S/C13H16O.C7H11NO/c1-3-5-11-14-13-9-7-12(6-4-2)8-10-13;9-7-5-1-3-6(8-7)4-2-5/h7-10H,3,5,11H2,1-2H3;5-6H,1-4H2,(H,8,9). The van der Waals surface area contributed by atoms with Crippen LogP contribution in [0.3, 0.4) is 0 Å². The first kappa shape index (κ1) is 17.4. The second kappa shape index (κ2) is 9.25. The molecular weight excluding hydrogens is 286 g/mol. The van der Waals surface area contributed by atoms with Crippen molar-refractivity contribution in [3.8, 4) is 17.6 Å². The molecule has 0 radical (unpaired) electrons. The van der Waals surface area contributed by atoms with E-state index in [9.17, 15) is 4.79 Å². The Labute approximate surface area is 139 Å². The summed E-state index contributed by atoms with van der Waals surface area (Å²) in [5.41, 5.74) is 1.04. The molecule has 1 saturated carbocycles. The molecule has 3 fully saturated rings. The van der Waals surface area contributed by atoms with Gasteiger partial charge in [0.2, 0.25) is 5.91 Å². The molecule has 1 amide bonds. The number of hydrogen-bond acceptors (Lipinski definition) is 2. The first-order valence-corrected chi connectivity index (χ1v) is 8.69. The fraction of sp³-hybridized carbons (Fsp3) is 0.550. The van der Waals surface area contributed by atoms with Crippen molar-refractivity contribution in [1.82, 2.24) is 5.32 Å². The summed E-state index contributed by atoms with van der Waals surface area (Å²) in [6, 6.07) is 8.43. The number of piperidine rings is 2. The molecule has 2 aliphatic heterocycles. The van der Waals surface area contributed by atoms with Crippen LogP contribution in [0.5, 0.6) is 5.75 Å². The molecule has 23 heavy (non-hydrogen) atoms. The van der Waals surface area contributed by atoms with Crippen molar-refractivity contribution in [2.75, 3.05) is 6.61 Å². The summed E-state index contributed by atoms with van der Waals surface area (Å²) in [7, 11) is 0. The molecule has 2 saturated heterocycles. The molecule has 3 heteroatoms. The van der Waals surface area contributed by atoms with E-state index in [2.05, 4.69) is 24.1 Å². The SMILES string of the molecule is CC#Cc1ccc(OCCCC)cc1.O=C1NC2CCC1CC2. The molecule has 0 atom stereocenters. The summed E-state index contributed by atoms with van der Waals surface area (Å²) in [4.78, 5) is 10.9. The first-order valence-electron chi connectivity index (χ1n) is 8.69. The number of rotatable bonds is 4. The van der Waals surface area contributed by atoms with Gasteiger partial charge in [-0.25, -0.2) is 0 Å². The van der Waals surface area contributed by atoms with E-state index in [1.54, 1.807) is 0 Å². The highest BCUT2D eigenvalue weighted by Gasteiger charge is 2.32. The minimum Gasteiger partial charge on any atom is -0.494 e. The Morgan fingerprint density at radius 3 is 2.30 bits per heavy atom. The number of unbranched alkanes of at least 4 members (excludes halogenated alkanes) is 1. The van der Waals surface area contributed by atoms with Gasteiger partial charge in [-0.1, -0.05) is 19.3 Å². The second-order valence-electron chi connectivity index (χ2n) is 6.16. The Morgan fingerprint density at radius 1 is 1.17 bits per heavy atom. The highest BCUT2D eigenvalue weighted by atomic mass is 16.5. The van der Waals surface area contributed by atoms with Gasteiger partial charge in [0, 0.05) is 17.5 Å². The highest BCUT2D eigenvalue weighted by molar-refractivity contribution is 5.80. The largest absolute Gasteiger partial charge is 0.494 e. The molecule has 0 aromatic heterocycles. The number of nitrogens with one attached hydrogen (secondary N) is 1. The summed E-state index contributed by atoms with van der Waals surface area (Å²) in [5.74, 6) is 7.47. The fourth-order valence-electron chi connectivity index (χ4n) is 2.93. The lowest BCUT2D eigenvalue weighted by molar-refractivity contribution is -0.130. The molecule has 0 spiro atoms. The van der Waals surface area contributed by atoms with Crippen LogP contribution in [0.4, 0.5) is 0 Å². The van der Waals surface area contributed by atoms with Crippen molar-refractivity contribution in [2.24, 2.45) is 5.92 Å². The topological polar surface area (TPSA) is 38.3 Å². The van der Waals surface area contributed by atoms with Crippen LogP contribution in [0.1, 0.15) is 57.9 Å². The lowest BCUT2D eigenvalue weighted by atomic mass is 9.81. The normalized spacial score (nSPS) is 21.4. The van der Waals surface area contributed by atoms with E-state index >= 15 is 0 Å². The molecule has 2 bridgehead atoms. The van der Waals surface area contributed by atoms with Crippen LogP contribution in [-0.2, 0) is 4.79 Å². The third kappa shape index (κ3) is 5.63. The molecule has 3 aliphatic rings. The molecule has 2 heterocycles. The Hall–Kier alpha value is -1.95. The number of carbonyl (C=O) groups excluding carboxylic acids is 1. The molecule has 1 aromatic carbocycles. The van der Waals surface area contributed by atoms with Crippen LogP contribution >= 0.6 is 0 Å². The predicted octanol–water partition coefficient (Wildman–Crippen LogP) is 3.91. The zero-order chi connectivity index (χ0) is 16.5. The first-order chi connectivity index (χ1) is 11.2. The van der Waals surface area contributed by atoms with E-state index in [1.807, 2.05) is 31.2 Å². The number of ether oxygens (including phenoxy) is 1. The Balaban J connectivity index is 0.000000182. The van der Waals surface area contributed by atoms with Gasteiger partial charge in [-0.15, -0.1) is 5.92 Å². The van der Waals surface area contributed by atoms with Crippen molar-refractivity contribution >= 4 is 5.91 Å². The molecule has 1 aliphatic carbocycles. The van der Waals surface area contributed by atoms with Gasteiger partial charge in [0.15, 0.2) is 0 Å². The molecular formula is C20H27NO2. The zero-order valence-electron chi connectivity index (χ0n) is 14.2. The average molecular weight is 313 g/mol. The highest BCUT2D eigenvalue weighted by Crippen LogP contribution is 2.29. The van der Waals surface area contributed by atoms with E-state index < -0.39 is 0 Å². The summed E-state index contributed by atoms with van der Waals surface area (Å²) in [6.45, 7) is 4.80. The minimum absolute atomic E-state index is 0.303. The van der Waals surface area contributed by atoms with Gasteiger partial charge in [-0.05, 0) is 63.3 Å². The van der Waals surface area contributed by atoms with E-state index in [0.717, 1.165) is 37.2 Å². The van der Waals surface area contributed by atoms with Gasteiger partial charge in [0.25, 0.3) is 0 Å². The minimum atomic E-state index is 0.303. The molecule has 3 nitrogen and oxygen atoms in total. The maximum atomic E-state index is 10.9. The van der Waals surface area contributed by atoms with Gasteiger partial charge in [-0.2, -0.15) is 0 Å². The quantitative estimate of drug-likeness (QED) is 0.676. The smallest absolute Gasteiger partial charge is 0.223 e. The summed E-state index contributed by atoms with van der Waals surface area (Å²) >= 11 is 0. The van der Waals surface area contributed by atoms with Crippen LogP contribution in [0.15, 0.2) is 24.3 Å². The number of carbonyl (C=O) groups is 1. The third-order valence-electron chi connectivity index (χ3n) is 4.33. The molecule has 0 unspecified atom stereocenters. The van der Waals surface area contributed by atoms with Gasteiger partial charge in [-0.3, -0.25) is 4.79 Å². The Bertz CT molecular complexity index is 545. The van der Waals surface area contributed by atoms with E-state index in [4.69, 9.17) is 4.74 Å². The van der Waals surface area contributed by atoms with Crippen molar-refractivity contribution < 1.29 is 9.53 Å². The Kier molecular flexibility index (Phi) is 7.00. The monoisotopic (exact) mass is 313 g/mol. The van der Waals surface area contributed by atoms with Gasteiger partial charge >= 0.3 is 0 Å². The van der Waals surface area contributed by atoms with Crippen LogP contribution in [-0.4, -0.2) is 18.6 Å². The van der Waals surface area contributed by atoms with E-state index in [-0.39, 0.29) is 0 Å². The molecule has 4 rings (SSSR count). The zero-order valence-corrected chi connectivity index (χ0v) is 14.2. The molecule has 124 valence electrons. The van der Waals surface area contributed by atoms with Crippen molar-refractivity contribution in [2.45, 2.75) is 58.4 Å². The van der Waals surface area contributed by atoms with Crippen molar-refractivity contribution in [3.05, 3.63) is 29.8 Å². The molecule has 1 aromatic rings.